The Kier molecular flexibility index (Phi) is 3.92. The molecule has 0 fully saturated rings. The summed E-state index contributed by atoms with van der Waals surface area (Å²) in [5, 5.41) is 3.08. The maximum Gasteiger partial charge on any atom is 0.168 e. The zero-order chi connectivity index (χ0) is 10.4. The van der Waals surface area contributed by atoms with Gasteiger partial charge in [0.25, 0.3) is 0 Å². The molecule has 4 heteroatoms. The van der Waals surface area contributed by atoms with Gasteiger partial charge in [-0.15, -0.1) is 0 Å². The molecule has 0 aliphatic carbocycles. The first-order valence-corrected chi connectivity index (χ1v) is 4.48. The predicted molar refractivity (Wildman–Crippen MR) is 62.8 cm³/mol. The zero-order valence-electron chi connectivity index (χ0n) is 7.58. The van der Waals surface area contributed by atoms with Crippen LogP contribution in [0.5, 0.6) is 0 Å². The highest BCUT2D eigenvalue weighted by Crippen LogP contribution is 2.08. The number of hydrogen-bond acceptors (Lipinski definition) is 2. The summed E-state index contributed by atoms with van der Waals surface area (Å²) in [6.45, 7) is 0.354. The van der Waals surface area contributed by atoms with Gasteiger partial charge >= 0.3 is 0 Å². The molecule has 0 saturated carbocycles. The van der Waals surface area contributed by atoms with E-state index in [9.17, 15) is 0 Å². The van der Waals surface area contributed by atoms with Gasteiger partial charge in [-0.25, -0.2) is 0 Å². The van der Waals surface area contributed by atoms with Crippen molar-refractivity contribution in [1.82, 2.24) is 0 Å². The zero-order valence-corrected chi connectivity index (χ0v) is 8.40. The van der Waals surface area contributed by atoms with Gasteiger partial charge in [0.15, 0.2) is 5.11 Å². The average Bonchev–Trinajstić information content (AvgIpc) is 2.14. The Morgan fingerprint density at radius 3 is 2.93 bits per heavy atom. The number of nitrogens with one attached hydrogen (secondary N) is 1. The van der Waals surface area contributed by atoms with Crippen LogP contribution in [-0.2, 0) is 0 Å². The van der Waals surface area contributed by atoms with E-state index in [2.05, 4.69) is 17.2 Å². The Balaban J connectivity index is 2.84. The second-order valence-electron chi connectivity index (χ2n) is 2.58. The largest absolute Gasteiger partial charge is 0.376 e. The molecule has 1 aromatic rings. The Bertz CT molecular complexity index is 390. The summed E-state index contributed by atoms with van der Waals surface area (Å²) in [7, 11) is 0. The summed E-state index contributed by atoms with van der Waals surface area (Å²) < 4.78 is 0. The number of anilines is 1. The van der Waals surface area contributed by atoms with E-state index in [0.717, 1.165) is 11.3 Å². The normalized spacial score (nSPS) is 8.64. The molecule has 0 radical (unpaired) electrons. The Morgan fingerprint density at radius 1 is 1.50 bits per heavy atom. The topological polar surface area (TPSA) is 64.1 Å². The van der Waals surface area contributed by atoms with Crippen molar-refractivity contribution in [3.8, 4) is 11.8 Å². The van der Waals surface area contributed by atoms with Gasteiger partial charge in [0, 0.05) is 11.3 Å². The first-order chi connectivity index (χ1) is 6.72. The second-order valence-corrected chi connectivity index (χ2v) is 3.02. The Hall–Kier alpha value is -1.57. The van der Waals surface area contributed by atoms with Crippen LogP contribution in [0.15, 0.2) is 24.3 Å². The molecule has 1 aromatic carbocycles. The van der Waals surface area contributed by atoms with Crippen LogP contribution in [0.1, 0.15) is 5.56 Å². The van der Waals surface area contributed by atoms with Crippen LogP contribution in [0.4, 0.5) is 5.69 Å². The fourth-order valence-electron chi connectivity index (χ4n) is 0.970. The van der Waals surface area contributed by atoms with Gasteiger partial charge in [0.1, 0.15) is 0 Å². The molecular formula is C10H11N3S. The summed E-state index contributed by atoms with van der Waals surface area (Å²) in [5.74, 6) is 5.69. The highest BCUT2D eigenvalue weighted by atomic mass is 32.1. The van der Waals surface area contributed by atoms with Gasteiger partial charge in [-0.2, -0.15) is 0 Å². The lowest BCUT2D eigenvalue weighted by molar-refractivity contribution is 1.30. The number of benzene rings is 1. The number of hydrogen-bond donors (Lipinski definition) is 3. The quantitative estimate of drug-likeness (QED) is 0.465. The van der Waals surface area contributed by atoms with Crippen molar-refractivity contribution in [2.45, 2.75) is 0 Å². The van der Waals surface area contributed by atoms with Crippen molar-refractivity contribution in [2.75, 3.05) is 11.9 Å². The first-order valence-electron chi connectivity index (χ1n) is 4.08. The molecule has 0 aromatic heterocycles. The summed E-state index contributed by atoms with van der Waals surface area (Å²) in [4.78, 5) is 0. The lowest BCUT2D eigenvalue weighted by Gasteiger charge is -2.02. The summed E-state index contributed by atoms with van der Waals surface area (Å²) in [5.41, 5.74) is 12.3. The SMILES string of the molecule is NCC#Cc1cccc(NC(N)=S)c1. The first kappa shape index (κ1) is 10.5. The van der Waals surface area contributed by atoms with Crippen LogP contribution in [0.3, 0.4) is 0 Å². The summed E-state index contributed by atoms with van der Waals surface area (Å²) >= 11 is 4.72. The molecule has 0 unspecified atom stereocenters. The predicted octanol–water partition coefficient (Wildman–Crippen LogP) is 0.652. The number of rotatable bonds is 1. The standard InChI is InChI=1S/C10H11N3S/c11-6-2-4-8-3-1-5-9(7-8)13-10(12)14/h1,3,5,7H,6,11H2,(H3,12,13,14). The molecule has 0 aliphatic heterocycles. The summed E-state index contributed by atoms with van der Waals surface area (Å²) in [6.07, 6.45) is 0. The molecular weight excluding hydrogens is 194 g/mol. The van der Waals surface area contributed by atoms with E-state index in [0.29, 0.717) is 6.54 Å². The average molecular weight is 205 g/mol. The third kappa shape index (κ3) is 3.44. The molecule has 14 heavy (non-hydrogen) atoms. The van der Waals surface area contributed by atoms with E-state index in [1.165, 1.54) is 0 Å². The molecule has 0 aliphatic rings. The van der Waals surface area contributed by atoms with Crippen molar-refractivity contribution in [1.29, 1.82) is 0 Å². The van der Waals surface area contributed by atoms with Crippen molar-refractivity contribution < 1.29 is 0 Å². The summed E-state index contributed by atoms with van der Waals surface area (Å²) in [6, 6.07) is 7.50. The van der Waals surface area contributed by atoms with Gasteiger partial charge in [-0.05, 0) is 30.4 Å². The van der Waals surface area contributed by atoms with E-state index in [1.54, 1.807) is 0 Å². The third-order valence-corrected chi connectivity index (χ3v) is 1.57. The van der Waals surface area contributed by atoms with Crippen molar-refractivity contribution >= 4 is 23.0 Å². The smallest absolute Gasteiger partial charge is 0.168 e. The highest BCUT2D eigenvalue weighted by Gasteiger charge is 1.93. The van der Waals surface area contributed by atoms with Crippen molar-refractivity contribution in [3.63, 3.8) is 0 Å². The van der Waals surface area contributed by atoms with Gasteiger partial charge in [0.2, 0.25) is 0 Å². The molecule has 0 amide bonds. The maximum absolute atomic E-state index is 5.34. The van der Waals surface area contributed by atoms with Crippen LogP contribution in [0, 0.1) is 11.8 Å². The highest BCUT2D eigenvalue weighted by molar-refractivity contribution is 7.80. The van der Waals surface area contributed by atoms with Crippen LogP contribution >= 0.6 is 12.2 Å². The van der Waals surface area contributed by atoms with Gasteiger partial charge in [-0.1, -0.05) is 17.9 Å². The van der Waals surface area contributed by atoms with Crippen LogP contribution in [0.2, 0.25) is 0 Å². The molecule has 0 saturated heterocycles. The molecule has 72 valence electrons. The molecule has 0 heterocycles. The monoisotopic (exact) mass is 205 g/mol. The lowest BCUT2D eigenvalue weighted by atomic mass is 10.2. The van der Waals surface area contributed by atoms with E-state index in [1.807, 2.05) is 24.3 Å². The molecule has 0 bridgehead atoms. The minimum absolute atomic E-state index is 0.244. The fraction of sp³-hybridized carbons (Fsp3) is 0.100. The van der Waals surface area contributed by atoms with Gasteiger partial charge in [-0.3, -0.25) is 0 Å². The van der Waals surface area contributed by atoms with Gasteiger partial charge in [0.05, 0.1) is 6.54 Å². The lowest BCUT2D eigenvalue weighted by Crippen LogP contribution is -2.18. The molecule has 1 rings (SSSR count). The number of nitrogens with two attached hydrogens (primary N) is 2. The Morgan fingerprint density at radius 2 is 2.29 bits per heavy atom. The van der Waals surface area contributed by atoms with Crippen LogP contribution < -0.4 is 16.8 Å². The molecule has 0 spiro atoms. The minimum Gasteiger partial charge on any atom is -0.376 e. The maximum atomic E-state index is 5.34. The van der Waals surface area contributed by atoms with Crippen molar-refractivity contribution in [2.24, 2.45) is 11.5 Å². The van der Waals surface area contributed by atoms with E-state index >= 15 is 0 Å². The minimum atomic E-state index is 0.244. The molecule has 3 nitrogen and oxygen atoms in total. The Labute approximate surface area is 88.5 Å². The molecule has 0 atom stereocenters. The van der Waals surface area contributed by atoms with E-state index < -0.39 is 0 Å². The van der Waals surface area contributed by atoms with Gasteiger partial charge < -0.3 is 16.8 Å². The van der Waals surface area contributed by atoms with Crippen LogP contribution in [0.25, 0.3) is 0 Å². The second kappa shape index (κ2) is 5.22. The van der Waals surface area contributed by atoms with E-state index in [-0.39, 0.29) is 5.11 Å². The van der Waals surface area contributed by atoms with E-state index in [4.69, 9.17) is 23.7 Å². The fourth-order valence-corrected chi connectivity index (χ4v) is 1.09. The molecule has 5 N–H and O–H groups in total. The van der Waals surface area contributed by atoms with Crippen molar-refractivity contribution in [3.05, 3.63) is 29.8 Å². The third-order valence-electron chi connectivity index (χ3n) is 1.46. The van der Waals surface area contributed by atoms with Crippen LogP contribution in [-0.4, -0.2) is 11.7 Å². The number of thiocarbonyl (C=S) groups is 1.